The predicted octanol–water partition coefficient (Wildman–Crippen LogP) is -3.01. The van der Waals surface area contributed by atoms with Crippen molar-refractivity contribution in [1.82, 2.24) is 31.6 Å². The third-order valence-corrected chi connectivity index (χ3v) is 8.78. The average Bonchev–Trinajstić information content (AvgIpc) is 3.53. The second-order valence-corrected chi connectivity index (χ2v) is 13.6. The number of nitrogens with zero attached hydrogens (tertiary/aromatic N) is 1. The van der Waals surface area contributed by atoms with Crippen molar-refractivity contribution < 1.29 is 44.1 Å². The molecular weight excluding hydrogens is 712 g/mol. The number of amides is 5. The zero-order valence-corrected chi connectivity index (χ0v) is 30.8. The Kier molecular flexibility index (Phi) is 18.5. The highest BCUT2D eigenvalue weighted by molar-refractivity contribution is 7.98. The molecule has 1 aromatic heterocycles. The van der Waals surface area contributed by atoms with Gasteiger partial charge in [0, 0.05) is 30.1 Å². The van der Waals surface area contributed by atoms with Crippen LogP contribution < -0.4 is 43.8 Å². The monoisotopic (exact) mass is 764 g/mol. The van der Waals surface area contributed by atoms with Gasteiger partial charge in [-0.25, -0.2) is 4.79 Å². The number of aromatic nitrogens is 1. The first-order chi connectivity index (χ1) is 25.1. The highest BCUT2D eigenvalue weighted by Gasteiger charge is 2.34. The molecule has 19 nitrogen and oxygen atoms in total. The van der Waals surface area contributed by atoms with Crippen LogP contribution >= 0.6 is 11.8 Å². The van der Waals surface area contributed by atoms with Crippen molar-refractivity contribution in [3.05, 3.63) is 36.0 Å². The van der Waals surface area contributed by atoms with Crippen molar-refractivity contribution in [3.8, 4) is 0 Å². The van der Waals surface area contributed by atoms with E-state index >= 15 is 0 Å². The van der Waals surface area contributed by atoms with Crippen LogP contribution in [0, 0.1) is 5.92 Å². The maximum Gasteiger partial charge on any atom is 0.326 e. The minimum Gasteiger partial charge on any atom is -0.480 e. The van der Waals surface area contributed by atoms with Gasteiger partial charge in [-0.15, -0.1) is 0 Å². The molecule has 0 bridgehead atoms. The van der Waals surface area contributed by atoms with E-state index in [4.69, 9.17) is 17.2 Å². The summed E-state index contributed by atoms with van der Waals surface area (Å²) in [5.74, 6) is -5.70. The molecule has 0 aliphatic heterocycles. The van der Waals surface area contributed by atoms with E-state index in [0.717, 1.165) is 10.9 Å². The van der Waals surface area contributed by atoms with Gasteiger partial charge >= 0.3 is 5.97 Å². The summed E-state index contributed by atoms with van der Waals surface area (Å²) in [6.45, 7) is 1.72. The van der Waals surface area contributed by atoms with Crippen molar-refractivity contribution in [2.75, 3.05) is 31.8 Å². The van der Waals surface area contributed by atoms with Crippen LogP contribution in [-0.4, -0.2) is 130 Å². The average molecular weight is 765 g/mol. The summed E-state index contributed by atoms with van der Waals surface area (Å²) < 4.78 is 0. The molecule has 0 aliphatic carbocycles. The van der Waals surface area contributed by atoms with Crippen molar-refractivity contribution in [3.63, 3.8) is 0 Å². The number of aromatic amines is 1. The normalized spacial score (nSPS) is 14.5. The number of carboxylic acids is 1. The number of aliphatic carboxylic acids is 1. The summed E-state index contributed by atoms with van der Waals surface area (Å²) in [4.78, 5) is 84.9. The van der Waals surface area contributed by atoms with Crippen LogP contribution in [0.15, 0.2) is 35.5 Å². The van der Waals surface area contributed by atoms with Crippen LogP contribution in [0.3, 0.4) is 0 Å². The van der Waals surface area contributed by atoms with Crippen LogP contribution in [0.2, 0.25) is 0 Å². The Morgan fingerprint density at radius 1 is 0.811 bits per heavy atom. The molecular formula is C33H52N10O9S. The van der Waals surface area contributed by atoms with Crippen LogP contribution in [0.4, 0.5) is 0 Å². The van der Waals surface area contributed by atoms with Crippen molar-refractivity contribution in [2.45, 2.75) is 75.8 Å². The quantitative estimate of drug-likeness (QED) is 0.0305. The number of nitrogens with two attached hydrogens (primary N) is 3. The lowest BCUT2D eigenvalue weighted by molar-refractivity contribution is -0.142. The number of guanidine groups is 1. The number of benzene rings is 1. The topological polar surface area (TPSA) is 329 Å². The van der Waals surface area contributed by atoms with Gasteiger partial charge in [0.25, 0.3) is 0 Å². The molecule has 0 saturated carbocycles. The van der Waals surface area contributed by atoms with Crippen LogP contribution in [0.5, 0.6) is 0 Å². The van der Waals surface area contributed by atoms with E-state index in [0.29, 0.717) is 17.7 Å². The fourth-order valence-corrected chi connectivity index (χ4v) is 5.61. The summed E-state index contributed by atoms with van der Waals surface area (Å²) in [6, 6.07) is -0.796. The third kappa shape index (κ3) is 14.2. The number of carboxylic acid groups (broad SMARTS) is 1. The number of aliphatic imine (C=N–C) groups is 1. The number of aliphatic hydroxyl groups excluding tert-OH is 2. The molecule has 53 heavy (non-hydrogen) atoms. The van der Waals surface area contributed by atoms with Crippen LogP contribution in [0.25, 0.3) is 10.9 Å². The van der Waals surface area contributed by atoms with Crippen molar-refractivity contribution >= 4 is 64.1 Å². The second-order valence-electron chi connectivity index (χ2n) is 12.6. The number of fused-ring (bicyclic) bond motifs is 1. The molecule has 0 radical (unpaired) electrons. The maximum atomic E-state index is 13.9. The molecule has 0 unspecified atom stereocenters. The molecule has 294 valence electrons. The van der Waals surface area contributed by atoms with E-state index in [1.54, 1.807) is 38.4 Å². The summed E-state index contributed by atoms with van der Waals surface area (Å²) in [6.07, 6.45) is 4.02. The van der Waals surface area contributed by atoms with Gasteiger partial charge < -0.3 is 64.1 Å². The SMILES string of the molecule is CSCC[C@H](NC(=O)[C@@H](NC(=O)[C@H](Cc1c[nH]c2ccccc12)NC(=O)[C@H](CO)NC(=O)[C@H](CO)NC(=O)[C@@H](N)CCCN=C(N)N)C(C)C)C(=O)O. The van der Waals surface area contributed by atoms with Crippen molar-refractivity contribution in [2.24, 2.45) is 28.1 Å². The number of thioether (sulfide) groups is 1. The van der Waals surface area contributed by atoms with Crippen LogP contribution in [-0.2, 0) is 35.2 Å². The molecule has 1 heterocycles. The van der Waals surface area contributed by atoms with Gasteiger partial charge in [-0.05, 0) is 48.8 Å². The largest absolute Gasteiger partial charge is 0.480 e. The first-order valence-corrected chi connectivity index (χ1v) is 18.3. The fourth-order valence-electron chi connectivity index (χ4n) is 5.14. The number of rotatable bonds is 23. The first-order valence-electron chi connectivity index (χ1n) is 16.9. The number of para-hydroxylation sites is 1. The smallest absolute Gasteiger partial charge is 0.326 e. The zero-order valence-electron chi connectivity index (χ0n) is 30.0. The number of hydrogen-bond donors (Lipinski definition) is 12. The van der Waals surface area contributed by atoms with Crippen molar-refractivity contribution in [1.29, 1.82) is 0 Å². The highest BCUT2D eigenvalue weighted by atomic mass is 32.2. The van der Waals surface area contributed by atoms with Gasteiger partial charge in [0.05, 0.1) is 19.3 Å². The fraction of sp³-hybridized carbons (Fsp3) is 0.545. The summed E-state index contributed by atoms with van der Waals surface area (Å²) in [5.41, 5.74) is 17.8. The van der Waals surface area contributed by atoms with Gasteiger partial charge in [-0.2, -0.15) is 11.8 Å². The minimum absolute atomic E-state index is 0.0953. The molecule has 0 aliphatic rings. The van der Waals surface area contributed by atoms with E-state index in [9.17, 15) is 44.1 Å². The van der Waals surface area contributed by atoms with E-state index in [2.05, 4.69) is 36.6 Å². The lowest BCUT2D eigenvalue weighted by atomic mass is 10.00. The summed E-state index contributed by atoms with van der Waals surface area (Å²) in [7, 11) is 0. The van der Waals surface area contributed by atoms with Crippen LogP contribution in [0.1, 0.15) is 38.7 Å². The Labute approximate surface area is 311 Å². The zero-order chi connectivity index (χ0) is 39.7. The molecule has 15 N–H and O–H groups in total. The standard InChI is InChI=1S/C33H52N10O9S/c1-17(2)26(31(50)39-22(32(51)52)10-12-53-3)43-28(47)23(13-18-14-38-21-9-5-4-7-19(18)21)40-29(48)25(16-45)42-30(49)24(15-44)41-27(46)20(34)8-6-11-37-33(35)36/h4-5,7,9,14,17,20,22-26,38,44-45H,6,8,10-13,15-16,34H2,1-3H3,(H,39,50)(H,40,48)(H,41,46)(H,42,49)(H,43,47)(H,51,52)(H4,35,36,37)/t20-,22-,23-,24-,25-,26-/m0/s1. The number of carbonyl (C=O) groups is 6. The highest BCUT2D eigenvalue weighted by Crippen LogP contribution is 2.19. The predicted molar refractivity (Wildman–Crippen MR) is 199 cm³/mol. The number of aliphatic hydroxyl groups is 2. The lowest BCUT2D eigenvalue weighted by Crippen LogP contribution is -2.61. The molecule has 1 aromatic carbocycles. The molecule has 20 heteroatoms. The Morgan fingerprint density at radius 3 is 1.94 bits per heavy atom. The Hall–Kier alpha value is -4.92. The van der Waals surface area contributed by atoms with E-state index < -0.39 is 90.9 Å². The number of carbonyl (C=O) groups excluding carboxylic acids is 5. The molecule has 6 atom stereocenters. The molecule has 5 amide bonds. The molecule has 0 saturated heterocycles. The van der Waals surface area contributed by atoms with E-state index in [1.807, 2.05) is 12.1 Å². The van der Waals surface area contributed by atoms with Gasteiger partial charge in [0.15, 0.2) is 5.96 Å². The summed E-state index contributed by atoms with van der Waals surface area (Å²) in [5, 5.41) is 42.5. The number of hydrogen-bond acceptors (Lipinski definition) is 11. The molecule has 2 rings (SSSR count). The number of nitrogens with one attached hydrogen (secondary N) is 6. The lowest BCUT2D eigenvalue weighted by Gasteiger charge is -2.27. The number of H-pyrrole nitrogens is 1. The first kappa shape index (κ1) is 44.2. The summed E-state index contributed by atoms with van der Waals surface area (Å²) >= 11 is 1.41. The Morgan fingerprint density at radius 2 is 1.38 bits per heavy atom. The van der Waals surface area contributed by atoms with Gasteiger partial charge in [-0.1, -0.05) is 32.0 Å². The van der Waals surface area contributed by atoms with Gasteiger partial charge in [0.2, 0.25) is 29.5 Å². The third-order valence-electron chi connectivity index (χ3n) is 8.14. The van der Waals surface area contributed by atoms with E-state index in [1.165, 1.54) is 11.8 Å². The van der Waals surface area contributed by atoms with Gasteiger partial charge in [-0.3, -0.25) is 29.0 Å². The minimum atomic E-state index is -1.64. The molecule has 0 spiro atoms. The van der Waals surface area contributed by atoms with E-state index in [-0.39, 0.29) is 31.8 Å². The second kappa shape index (κ2) is 22.2. The molecule has 0 fully saturated rings. The Balaban J connectivity index is 2.25. The molecule has 2 aromatic rings. The Bertz CT molecular complexity index is 1580. The maximum absolute atomic E-state index is 13.9. The van der Waals surface area contributed by atoms with Gasteiger partial charge in [0.1, 0.15) is 30.2 Å².